The van der Waals surface area contributed by atoms with Crippen LogP contribution >= 0.6 is 0 Å². The topological polar surface area (TPSA) is 73.8 Å². The van der Waals surface area contributed by atoms with Gasteiger partial charge >= 0.3 is 0 Å². The molecule has 17 rings (SSSR count). The minimum atomic E-state index is 0.00366. The second kappa shape index (κ2) is 47.8. The van der Waals surface area contributed by atoms with E-state index in [4.69, 9.17) is 37.9 Å². The SMILES string of the molecule is CC(C)C(C)OC(C)(C)C.CC(C)C(C)OC1c2ccccc2-c2ccccc21.CC(C)OC1c2ccccc2-c2ccccc21.CC(C)OC1c2ccccc2-c2ccccc21.CCC(C)OC1c2ccccc2-c2ccccc21.CCC(C)OC1c2ccccc2-c2ccccc21.COC(C)C1CCCCCC1.COC(C)C1CCCCCCC1. The molecule has 8 heteroatoms. The van der Waals surface area contributed by atoms with E-state index < -0.39 is 0 Å². The lowest BCUT2D eigenvalue weighted by Crippen LogP contribution is -2.28. The van der Waals surface area contributed by atoms with Crippen molar-refractivity contribution < 1.29 is 37.9 Å². The van der Waals surface area contributed by atoms with E-state index in [0.717, 1.165) is 24.7 Å². The molecule has 2 fully saturated rings. The van der Waals surface area contributed by atoms with Crippen LogP contribution in [0.3, 0.4) is 0 Å². The summed E-state index contributed by atoms with van der Waals surface area (Å²) >= 11 is 0. The molecule has 0 spiro atoms. The first-order valence-electron chi connectivity index (χ1n) is 46.8. The highest BCUT2D eigenvalue weighted by Gasteiger charge is 2.35. The molecule has 10 aromatic carbocycles. The van der Waals surface area contributed by atoms with Crippen molar-refractivity contribution in [2.75, 3.05) is 14.2 Å². The summed E-state index contributed by atoms with van der Waals surface area (Å²) in [5.41, 5.74) is 26.2. The fourth-order valence-corrected chi connectivity index (χ4v) is 17.7. The summed E-state index contributed by atoms with van der Waals surface area (Å²) in [6.07, 6.45) is 23.6. The van der Waals surface area contributed by atoms with E-state index in [0.29, 0.717) is 30.1 Å². The Kier molecular flexibility index (Phi) is 37.7. The quantitative estimate of drug-likeness (QED) is 0.0742. The number of methoxy groups -OCH3 is 2. The molecule has 0 bridgehead atoms. The summed E-state index contributed by atoms with van der Waals surface area (Å²) in [5, 5.41) is 0. The molecule has 0 amide bonds. The Morgan fingerprint density at radius 2 is 0.443 bits per heavy atom. The first kappa shape index (κ1) is 96.1. The van der Waals surface area contributed by atoms with E-state index in [1.54, 1.807) is 0 Å². The highest BCUT2D eigenvalue weighted by Crippen LogP contribution is 2.51. The van der Waals surface area contributed by atoms with Crippen molar-refractivity contribution in [3.8, 4) is 55.6 Å². The van der Waals surface area contributed by atoms with E-state index in [9.17, 15) is 0 Å². The average molecular weight is 1650 g/mol. The molecule has 0 radical (unpaired) electrons. The molecule has 10 aromatic rings. The predicted molar refractivity (Wildman–Crippen MR) is 513 cm³/mol. The number of fused-ring (bicyclic) bond motifs is 15. The minimum Gasteiger partial charge on any atom is -0.381 e. The molecule has 0 N–H and O–H groups in total. The van der Waals surface area contributed by atoms with Gasteiger partial charge < -0.3 is 37.9 Å². The zero-order valence-corrected chi connectivity index (χ0v) is 78.3. The molecule has 6 unspecified atom stereocenters. The molecule has 0 aromatic heterocycles. The molecule has 7 aliphatic carbocycles. The van der Waals surface area contributed by atoms with E-state index >= 15 is 0 Å². The normalized spacial score (nSPS) is 16.7. The molecular formula is C114H150O8. The van der Waals surface area contributed by atoms with E-state index in [1.807, 2.05) is 14.2 Å². The van der Waals surface area contributed by atoms with Crippen LogP contribution in [0.4, 0.5) is 0 Å². The standard InChI is InChI=1S/C18H20O.2C17H18O.2C16H16O.C11H22O.C10H20O.C9H20O/c1-12(2)13(3)19-18-16-10-6-4-8-14(16)15-9-5-7-11-17(15)18;2*1-3-12(2)18-17-15-10-6-4-8-13(15)14-9-5-7-11-16(14)17;2*1-11(2)17-16-14-9-5-3-7-12(14)13-8-4-6-10-15(13)16;1-10(12-2)11-8-6-4-3-5-7-9-11;1-9(11-2)10-7-5-3-4-6-8-10;1-7(2)8(3)10-9(4,5)6/h4-13,18H,1-3H3;2*4-12,17H,3H2,1-2H3;2*3-11,16H,1-2H3;10-11H,3-9H2,1-2H3;9-10H,3-8H2,1-2H3;7-8H,1-6H3. The molecule has 0 aliphatic heterocycles. The summed E-state index contributed by atoms with van der Waals surface area (Å²) in [5.74, 6) is 2.80. The lowest BCUT2D eigenvalue weighted by Gasteiger charge is -2.27. The largest absolute Gasteiger partial charge is 0.381 e. The number of hydrogen-bond donors (Lipinski definition) is 0. The smallest absolute Gasteiger partial charge is 0.109 e. The van der Waals surface area contributed by atoms with Gasteiger partial charge in [-0.05, 0) is 263 Å². The molecule has 0 saturated heterocycles. The number of ether oxygens (including phenoxy) is 8. The summed E-state index contributed by atoms with van der Waals surface area (Å²) in [4.78, 5) is 0. The van der Waals surface area contributed by atoms with Crippen molar-refractivity contribution in [3.05, 3.63) is 298 Å². The molecule has 8 nitrogen and oxygen atoms in total. The highest BCUT2D eigenvalue weighted by molar-refractivity contribution is 5.82. The monoisotopic (exact) mass is 1650 g/mol. The summed E-state index contributed by atoms with van der Waals surface area (Å²) < 4.78 is 47.3. The summed E-state index contributed by atoms with van der Waals surface area (Å²) in [6, 6.07) is 85.5. The van der Waals surface area contributed by atoms with Gasteiger partial charge in [-0.2, -0.15) is 0 Å². The van der Waals surface area contributed by atoms with Crippen molar-refractivity contribution >= 4 is 0 Å². The maximum atomic E-state index is 6.33. The van der Waals surface area contributed by atoms with Crippen LogP contribution in [-0.2, 0) is 37.9 Å². The number of benzene rings is 10. The van der Waals surface area contributed by atoms with Crippen LogP contribution in [0.2, 0.25) is 0 Å². The predicted octanol–water partition coefficient (Wildman–Crippen LogP) is 31.5. The van der Waals surface area contributed by atoms with Gasteiger partial charge in [0.15, 0.2) is 0 Å². The molecule has 6 atom stereocenters. The van der Waals surface area contributed by atoms with Crippen molar-refractivity contribution in [2.45, 2.75) is 313 Å². The first-order chi connectivity index (χ1) is 58.9. The minimum absolute atomic E-state index is 0.00366. The zero-order chi connectivity index (χ0) is 87.4. The van der Waals surface area contributed by atoms with Crippen LogP contribution < -0.4 is 0 Å². The van der Waals surface area contributed by atoms with Gasteiger partial charge in [0.1, 0.15) is 30.5 Å². The van der Waals surface area contributed by atoms with E-state index in [2.05, 4.69) is 374 Å². The van der Waals surface area contributed by atoms with Gasteiger partial charge in [0.25, 0.3) is 0 Å². The van der Waals surface area contributed by atoms with Gasteiger partial charge in [-0.25, -0.2) is 0 Å². The fraction of sp³-hybridized carbons (Fsp3) is 0.474. The van der Waals surface area contributed by atoms with E-state index in [1.165, 1.54) is 195 Å². The van der Waals surface area contributed by atoms with Gasteiger partial charge in [0, 0.05) is 14.2 Å². The highest BCUT2D eigenvalue weighted by atomic mass is 16.5. The Balaban J connectivity index is 0.000000148. The summed E-state index contributed by atoms with van der Waals surface area (Å²) in [7, 11) is 3.67. The molecule has 7 aliphatic rings. The third-order valence-corrected chi connectivity index (χ3v) is 25.5. The Labute approximate surface area is 738 Å². The molecule has 2 saturated carbocycles. The number of hydrogen-bond acceptors (Lipinski definition) is 8. The molecule has 122 heavy (non-hydrogen) atoms. The summed E-state index contributed by atoms with van der Waals surface area (Å²) in [6.45, 7) is 40.7. The Bertz CT molecular complexity index is 4310. The van der Waals surface area contributed by atoms with Crippen molar-refractivity contribution in [1.29, 1.82) is 0 Å². The Hall–Kier alpha value is -8.12. The second-order valence-electron chi connectivity index (χ2n) is 36.9. The van der Waals surface area contributed by atoms with Gasteiger partial charge in [0.05, 0.1) is 54.4 Å². The van der Waals surface area contributed by atoms with Crippen LogP contribution in [-0.4, -0.2) is 68.7 Å². The van der Waals surface area contributed by atoms with Crippen molar-refractivity contribution in [2.24, 2.45) is 23.7 Å². The van der Waals surface area contributed by atoms with Gasteiger partial charge in [0.2, 0.25) is 0 Å². The zero-order valence-electron chi connectivity index (χ0n) is 78.3. The maximum absolute atomic E-state index is 6.33. The van der Waals surface area contributed by atoms with Crippen LogP contribution in [0, 0.1) is 23.7 Å². The van der Waals surface area contributed by atoms with Crippen LogP contribution in [0.25, 0.3) is 55.6 Å². The Morgan fingerprint density at radius 3 is 0.615 bits per heavy atom. The second-order valence-corrected chi connectivity index (χ2v) is 36.9. The third-order valence-electron chi connectivity index (χ3n) is 25.5. The molecular weight excluding hydrogens is 1500 g/mol. The lowest BCUT2D eigenvalue weighted by atomic mass is 9.88. The van der Waals surface area contributed by atoms with Crippen LogP contribution in [0.15, 0.2) is 243 Å². The fourth-order valence-electron chi connectivity index (χ4n) is 17.7. The van der Waals surface area contributed by atoms with Crippen LogP contribution in [0.5, 0.6) is 0 Å². The van der Waals surface area contributed by atoms with Crippen molar-refractivity contribution in [1.82, 2.24) is 0 Å². The lowest BCUT2D eigenvalue weighted by molar-refractivity contribution is -0.0698. The van der Waals surface area contributed by atoms with Gasteiger partial charge in [-0.1, -0.05) is 342 Å². The molecule has 0 heterocycles. The Morgan fingerprint density at radius 1 is 0.254 bits per heavy atom. The molecule has 654 valence electrons. The van der Waals surface area contributed by atoms with Crippen LogP contribution in [0.1, 0.15) is 314 Å². The maximum Gasteiger partial charge on any atom is 0.109 e. The van der Waals surface area contributed by atoms with Crippen molar-refractivity contribution in [3.63, 3.8) is 0 Å². The number of rotatable bonds is 19. The van der Waals surface area contributed by atoms with Gasteiger partial charge in [-0.3, -0.25) is 0 Å². The average Bonchev–Trinajstić information content (AvgIpc) is 1.51. The third kappa shape index (κ3) is 26.0. The first-order valence-corrected chi connectivity index (χ1v) is 46.8. The van der Waals surface area contributed by atoms with E-state index in [-0.39, 0.29) is 66.6 Å². The van der Waals surface area contributed by atoms with Gasteiger partial charge in [-0.15, -0.1) is 0 Å².